The number of aryl methyl sites for hydroxylation is 2. The summed E-state index contributed by atoms with van der Waals surface area (Å²) in [5, 5.41) is 3.53. The van der Waals surface area contributed by atoms with Crippen LogP contribution in [0.1, 0.15) is 22.3 Å². The molecule has 2 aromatic heterocycles. The number of hydrogen-bond acceptors (Lipinski definition) is 4. The van der Waals surface area contributed by atoms with Crippen LogP contribution in [0, 0.1) is 6.92 Å². The third-order valence-corrected chi connectivity index (χ3v) is 7.02. The molecule has 0 aliphatic carbocycles. The minimum atomic E-state index is -0.0517. The van der Waals surface area contributed by atoms with Crippen LogP contribution in [0.3, 0.4) is 0 Å². The summed E-state index contributed by atoms with van der Waals surface area (Å²) in [6.07, 6.45) is 6.26. The smallest absolute Gasteiger partial charge is 0.260 e. The van der Waals surface area contributed by atoms with E-state index in [-0.39, 0.29) is 5.91 Å². The van der Waals surface area contributed by atoms with E-state index in [9.17, 15) is 4.79 Å². The molecule has 5 nitrogen and oxygen atoms in total. The van der Waals surface area contributed by atoms with Gasteiger partial charge in [-0.05, 0) is 53.9 Å². The van der Waals surface area contributed by atoms with Crippen LogP contribution >= 0.6 is 22.9 Å². The van der Waals surface area contributed by atoms with Gasteiger partial charge >= 0.3 is 0 Å². The monoisotopic (exact) mass is 460 g/mol. The van der Waals surface area contributed by atoms with Crippen LogP contribution < -0.4 is 4.90 Å². The largest absolute Gasteiger partial charge is 0.337 e. The van der Waals surface area contributed by atoms with E-state index in [1.54, 1.807) is 17.4 Å². The summed E-state index contributed by atoms with van der Waals surface area (Å²) >= 11 is 7.83. The number of benzene rings is 3. The quantitative estimate of drug-likeness (QED) is 0.297. The topological polar surface area (TPSA) is 51.0 Å². The van der Waals surface area contributed by atoms with Gasteiger partial charge in [-0.2, -0.15) is 0 Å². The predicted molar refractivity (Wildman–Crippen MR) is 132 cm³/mol. The summed E-state index contributed by atoms with van der Waals surface area (Å²) in [4.78, 5) is 24.4. The number of carbonyl (C=O) groups is 1. The fraction of sp³-hybridized carbons (Fsp3) is 0.160. The number of thiazole rings is 1. The van der Waals surface area contributed by atoms with E-state index in [1.165, 1.54) is 11.3 Å². The van der Waals surface area contributed by atoms with Gasteiger partial charge in [0.1, 0.15) is 0 Å². The number of halogens is 1. The minimum absolute atomic E-state index is 0.0517. The highest BCUT2D eigenvalue weighted by atomic mass is 35.5. The fourth-order valence-corrected chi connectivity index (χ4v) is 5.00. The van der Waals surface area contributed by atoms with E-state index in [2.05, 4.69) is 4.98 Å². The number of nitrogens with zero attached hydrogens (tertiary/aromatic N) is 4. The molecule has 0 fully saturated rings. The average Bonchev–Trinajstić information content (AvgIpc) is 3.49. The maximum absolute atomic E-state index is 13.7. The Morgan fingerprint density at radius 1 is 1.12 bits per heavy atom. The van der Waals surface area contributed by atoms with Crippen LogP contribution in [0.15, 0.2) is 73.3 Å². The van der Waals surface area contributed by atoms with Gasteiger partial charge in [0, 0.05) is 36.1 Å². The van der Waals surface area contributed by atoms with Crippen LogP contribution in [-0.2, 0) is 6.54 Å². The third-order valence-electron chi connectivity index (χ3n) is 5.57. The van der Waals surface area contributed by atoms with E-state index < -0.39 is 0 Å². The molecule has 2 heterocycles. The Hall–Kier alpha value is -3.22. The van der Waals surface area contributed by atoms with E-state index in [0.717, 1.165) is 39.5 Å². The van der Waals surface area contributed by atoms with Crippen LogP contribution in [0.25, 0.3) is 21.0 Å². The van der Waals surface area contributed by atoms with Gasteiger partial charge in [0.05, 0.1) is 16.5 Å². The highest BCUT2D eigenvalue weighted by molar-refractivity contribution is 7.22. The lowest BCUT2D eigenvalue weighted by Crippen LogP contribution is -2.32. The molecule has 0 bridgehead atoms. The highest BCUT2D eigenvalue weighted by Gasteiger charge is 2.22. The van der Waals surface area contributed by atoms with Crippen molar-refractivity contribution in [3.63, 3.8) is 0 Å². The maximum atomic E-state index is 13.7. The Labute approximate surface area is 194 Å². The summed E-state index contributed by atoms with van der Waals surface area (Å²) in [7, 11) is 0. The molecule has 5 rings (SSSR count). The molecule has 0 atom stereocenters. The lowest BCUT2D eigenvalue weighted by atomic mass is 10.1. The van der Waals surface area contributed by atoms with E-state index in [0.29, 0.717) is 22.3 Å². The molecule has 160 valence electrons. The van der Waals surface area contributed by atoms with Crippen LogP contribution in [0.4, 0.5) is 5.13 Å². The molecule has 0 unspecified atom stereocenters. The van der Waals surface area contributed by atoms with E-state index in [4.69, 9.17) is 16.6 Å². The summed E-state index contributed by atoms with van der Waals surface area (Å²) in [6, 6.07) is 17.8. The molecule has 0 aliphatic rings. The van der Waals surface area contributed by atoms with Gasteiger partial charge in [0.2, 0.25) is 0 Å². The molecule has 3 aromatic carbocycles. The van der Waals surface area contributed by atoms with Gasteiger partial charge in [-0.1, -0.05) is 53.3 Å². The molecule has 0 aliphatic heterocycles. The molecular weight excluding hydrogens is 440 g/mol. The van der Waals surface area contributed by atoms with Gasteiger partial charge in [-0.3, -0.25) is 9.69 Å². The predicted octanol–water partition coefficient (Wildman–Crippen LogP) is 6.34. The molecule has 32 heavy (non-hydrogen) atoms. The zero-order chi connectivity index (χ0) is 22.1. The number of amides is 1. The maximum Gasteiger partial charge on any atom is 0.260 e. The number of hydrogen-bond donors (Lipinski definition) is 0. The molecule has 5 aromatic rings. The molecule has 7 heteroatoms. The molecule has 0 N–H and O–H groups in total. The summed E-state index contributed by atoms with van der Waals surface area (Å²) in [5.41, 5.74) is 2.44. The van der Waals surface area contributed by atoms with E-state index >= 15 is 0 Å². The molecule has 0 saturated heterocycles. The molecular formula is C25H21ClN4OS. The fourth-order valence-electron chi connectivity index (χ4n) is 3.80. The Kier molecular flexibility index (Phi) is 5.64. The SMILES string of the molecule is Cc1c(Cl)ccc2sc(N(CCCn3ccnc3)C(=O)c3ccc4ccccc4c3)nc12. The van der Waals surface area contributed by atoms with Gasteiger partial charge in [0.15, 0.2) is 5.13 Å². The Bertz CT molecular complexity index is 1410. The van der Waals surface area contributed by atoms with Crippen molar-refractivity contribution in [3.05, 3.63) is 89.5 Å². The first-order chi connectivity index (χ1) is 15.6. The number of fused-ring (bicyclic) bond motifs is 2. The van der Waals surface area contributed by atoms with Crippen LogP contribution in [-0.4, -0.2) is 27.0 Å². The van der Waals surface area contributed by atoms with Crippen LogP contribution in [0.2, 0.25) is 5.02 Å². The summed E-state index contributed by atoms with van der Waals surface area (Å²) in [5.74, 6) is -0.0517. The summed E-state index contributed by atoms with van der Waals surface area (Å²) in [6.45, 7) is 3.29. The van der Waals surface area contributed by atoms with E-state index in [1.807, 2.05) is 72.3 Å². The van der Waals surface area contributed by atoms with Crippen molar-refractivity contribution in [3.8, 4) is 0 Å². The zero-order valence-corrected chi connectivity index (χ0v) is 19.1. The Morgan fingerprint density at radius 2 is 1.97 bits per heavy atom. The van der Waals surface area contributed by atoms with Crippen molar-refractivity contribution in [2.45, 2.75) is 19.9 Å². The van der Waals surface area contributed by atoms with Crippen molar-refractivity contribution < 1.29 is 4.79 Å². The number of anilines is 1. The number of imidazole rings is 1. The average molecular weight is 461 g/mol. The second-order valence-electron chi connectivity index (χ2n) is 7.69. The van der Waals surface area contributed by atoms with Crippen molar-refractivity contribution in [1.82, 2.24) is 14.5 Å². The molecule has 1 amide bonds. The Balaban J connectivity index is 1.50. The summed E-state index contributed by atoms with van der Waals surface area (Å²) < 4.78 is 3.04. The van der Waals surface area contributed by atoms with Crippen molar-refractivity contribution >= 4 is 55.0 Å². The van der Waals surface area contributed by atoms with Gasteiger partial charge in [-0.25, -0.2) is 9.97 Å². The first-order valence-electron chi connectivity index (χ1n) is 10.4. The van der Waals surface area contributed by atoms with Gasteiger partial charge in [0.25, 0.3) is 5.91 Å². The van der Waals surface area contributed by atoms with Gasteiger partial charge < -0.3 is 4.57 Å². The lowest BCUT2D eigenvalue weighted by Gasteiger charge is -2.20. The second kappa shape index (κ2) is 8.73. The first-order valence-corrected chi connectivity index (χ1v) is 11.6. The zero-order valence-electron chi connectivity index (χ0n) is 17.5. The van der Waals surface area contributed by atoms with Crippen molar-refractivity contribution in [1.29, 1.82) is 0 Å². The number of carbonyl (C=O) groups excluding carboxylic acids is 1. The lowest BCUT2D eigenvalue weighted by molar-refractivity contribution is 0.0986. The molecule has 0 saturated carbocycles. The van der Waals surface area contributed by atoms with Gasteiger partial charge in [-0.15, -0.1) is 0 Å². The minimum Gasteiger partial charge on any atom is -0.337 e. The first kappa shape index (κ1) is 20.7. The number of rotatable bonds is 6. The Morgan fingerprint density at radius 3 is 2.78 bits per heavy atom. The molecule has 0 radical (unpaired) electrons. The molecule has 0 spiro atoms. The van der Waals surface area contributed by atoms with Crippen molar-refractivity contribution in [2.24, 2.45) is 0 Å². The van der Waals surface area contributed by atoms with Crippen LogP contribution in [0.5, 0.6) is 0 Å². The second-order valence-corrected chi connectivity index (χ2v) is 9.10. The highest BCUT2D eigenvalue weighted by Crippen LogP contribution is 2.34. The normalized spacial score (nSPS) is 11.3. The third kappa shape index (κ3) is 3.99. The number of aromatic nitrogens is 3. The standard InChI is InChI=1S/C25H21ClN4OS/c1-17-21(26)9-10-22-23(17)28-25(32-22)30(13-4-12-29-14-11-27-16-29)24(31)20-8-7-18-5-2-3-6-19(18)15-20/h2-3,5-11,14-16H,4,12-13H2,1H3. The van der Waals surface area contributed by atoms with Crippen molar-refractivity contribution in [2.75, 3.05) is 11.4 Å².